The molecule has 2 rings (SSSR count). The summed E-state index contributed by atoms with van der Waals surface area (Å²) in [5, 5.41) is 3.46. The summed E-state index contributed by atoms with van der Waals surface area (Å²) < 4.78 is 0. The van der Waals surface area contributed by atoms with E-state index < -0.39 is 0 Å². The Morgan fingerprint density at radius 1 is 1.38 bits per heavy atom. The molecule has 1 N–H and O–H groups in total. The number of nitrogens with one attached hydrogen (secondary N) is 1. The van der Waals surface area contributed by atoms with Crippen molar-refractivity contribution in [3.05, 3.63) is 0 Å². The number of nitrogens with zero attached hydrogens (tertiary/aromatic N) is 2. The smallest absolute Gasteiger partial charge is 0.236 e. The molecule has 0 aromatic heterocycles. The minimum atomic E-state index is 0.304. The zero-order valence-corrected chi connectivity index (χ0v) is 10.2. The second-order valence-corrected chi connectivity index (χ2v) is 5.08. The first-order valence-electron chi connectivity index (χ1n) is 6.45. The molecule has 1 amide bonds. The second-order valence-electron chi connectivity index (χ2n) is 5.08. The highest BCUT2D eigenvalue weighted by atomic mass is 16.2. The quantitative estimate of drug-likeness (QED) is 0.747. The Balaban J connectivity index is 1.68. The molecule has 0 radical (unpaired) electrons. The fourth-order valence-corrected chi connectivity index (χ4v) is 2.65. The van der Waals surface area contributed by atoms with Gasteiger partial charge in [0.05, 0.1) is 6.54 Å². The molecule has 0 bridgehead atoms. The predicted octanol–water partition coefficient (Wildman–Crippen LogP) is 0.293. The van der Waals surface area contributed by atoms with Gasteiger partial charge in [0.1, 0.15) is 0 Å². The van der Waals surface area contributed by atoms with E-state index in [1.807, 2.05) is 11.9 Å². The average molecular weight is 225 g/mol. The Bertz CT molecular complexity index is 232. The summed E-state index contributed by atoms with van der Waals surface area (Å²) in [6.45, 7) is 4.65. The van der Waals surface area contributed by atoms with E-state index in [0.717, 1.165) is 26.2 Å². The Morgan fingerprint density at radius 3 is 2.75 bits per heavy atom. The average Bonchev–Trinajstić information content (AvgIpc) is 2.88. The van der Waals surface area contributed by atoms with Crippen LogP contribution in [0.5, 0.6) is 0 Å². The summed E-state index contributed by atoms with van der Waals surface area (Å²) in [5.74, 6) is 0.304. The second kappa shape index (κ2) is 5.64. The van der Waals surface area contributed by atoms with Gasteiger partial charge in [-0.2, -0.15) is 0 Å². The van der Waals surface area contributed by atoms with E-state index in [2.05, 4.69) is 10.2 Å². The van der Waals surface area contributed by atoms with Gasteiger partial charge in [-0.3, -0.25) is 9.69 Å². The highest BCUT2D eigenvalue weighted by Crippen LogP contribution is 2.09. The number of rotatable bonds is 4. The van der Waals surface area contributed by atoms with Gasteiger partial charge in [0.15, 0.2) is 0 Å². The number of likely N-dealkylation sites (tertiary alicyclic amines) is 1. The molecule has 2 aliphatic heterocycles. The van der Waals surface area contributed by atoms with Gasteiger partial charge in [-0.25, -0.2) is 0 Å². The lowest BCUT2D eigenvalue weighted by atomic mass is 10.2. The van der Waals surface area contributed by atoms with Gasteiger partial charge < -0.3 is 10.2 Å². The zero-order valence-electron chi connectivity index (χ0n) is 10.2. The van der Waals surface area contributed by atoms with Gasteiger partial charge in [0.25, 0.3) is 0 Å². The number of likely N-dealkylation sites (N-methyl/N-ethyl adjacent to an activating group) is 1. The Labute approximate surface area is 98.0 Å². The molecule has 0 saturated carbocycles. The summed E-state index contributed by atoms with van der Waals surface area (Å²) in [6.07, 6.45) is 4.89. The van der Waals surface area contributed by atoms with Crippen LogP contribution in [0.25, 0.3) is 0 Å². The maximum atomic E-state index is 11.9. The third-order valence-corrected chi connectivity index (χ3v) is 3.56. The van der Waals surface area contributed by atoms with E-state index in [0.29, 0.717) is 18.5 Å². The van der Waals surface area contributed by atoms with Crippen LogP contribution >= 0.6 is 0 Å². The van der Waals surface area contributed by atoms with Crippen LogP contribution in [0.15, 0.2) is 0 Å². The van der Waals surface area contributed by atoms with Crippen molar-refractivity contribution in [3.8, 4) is 0 Å². The third-order valence-electron chi connectivity index (χ3n) is 3.56. The first-order chi connectivity index (χ1) is 7.75. The number of hydrogen-bond acceptors (Lipinski definition) is 3. The van der Waals surface area contributed by atoms with Crippen molar-refractivity contribution in [1.29, 1.82) is 0 Å². The standard InChI is InChI=1S/C12H23N3O/c1-14(9-11-5-4-6-13-11)10-12(16)15-7-2-3-8-15/h11,13H,2-10H2,1H3. The molecule has 0 aromatic carbocycles. The van der Waals surface area contributed by atoms with Crippen LogP contribution in [0.2, 0.25) is 0 Å². The molecule has 0 aliphatic carbocycles. The van der Waals surface area contributed by atoms with Gasteiger partial charge in [0, 0.05) is 25.7 Å². The molecule has 4 nitrogen and oxygen atoms in total. The minimum absolute atomic E-state index is 0.304. The van der Waals surface area contributed by atoms with Gasteiger partial charge in [0.2, 0.25) is 5.91 Å². The monoisotopic (exact) mass is 225 g/mol. The molecule has 2 aliphatic rings. The van der Waals surface area contributed by atoms with E-state index in [-0.39, 0.29) is 0 Å². The molecule has 0 spiro atoms. The van der Waals surface area contributed by atoms with Crippen LogP contribution in [-0.2, 0) is 4.79 Å². The van der Waals surface area contributed by atoms with E-state index in [1.165, 1.54) is 25.7 Å². The lowest BCUT2D eigenvalue weighted by Crippen LogP contribution is -2.42. The van der Waals surface area contributed by atoms with Crippen molar-refractivity contribution >= 4 is 5.91 Å². The van der Waals surface area contributed by atoms with Crippen molar-refractivity contribution in [1.82, 2.24) is 15.1 Å². The number of amides is 1. The molecular formula is C12H23N3O. The van der Waals surface area contributed by atoms with Gasteiger partial charge in [-0.05, 0) is 39.3 Å². The largest absolute Gasteiger partial charge is 0.342 e. The molecule has 16 heavy (non-hydrogen) atoms. The summed E-state index contributed by atoms with van der Waals surface area (Å²) >= 11 is 0. The normalized spacial score (nSPS) is 25.6. The Morgan fingerprint density at radius 2 is 2.12 bits per heavy atom. The van der Waals surface area contributed by atoms with Crippen molar-refractivity contribution in [2.45, 2.75) is 31.7 Å². The molecule has 4 heteroatoms. The molecule has 2 fully saturated rings. The molecule has 2 saturated heterocycles. The fraction of sp³-hybridized carbons (Fsp3) is 0.917. The van der Waals surface area contributed by atoms with E-state index >= 15 is 0 Å². The maximum absolute atomic E-state index is 11.9. The minimum Gasteiger partial charge on any atom is -0.342 e. The first kappa shape index (κ1) is 11.9. The van der Waals surface area contributed by atoms with Crippen LogP contribution in [0, 0.1) is 0 Å². The predicted molar refractivity (Wildman–Crippen MR) is 64.3 cm³/mol. The van der Waals surface area contributed by atoms with E-state index in [9.17, 15) is 4.79 Å². The van der Waals surface area contributed by atoms with Crippen molar-refractivity contribution < 1.29 is 4.79 Å². The van der Waals surface area contributed by atoms with Crippen LogP contribution in [-0.4, -0.2) is 61.5 Å². The van der Waals surface area contributed by atoms with Crippen molar-refractivity contribution in [2.75, 3.05) is 39.8 Å². The van der Waals surface area contributed by atoms with E-state index in [4.69, 9.17) is 0 Å². The first-order valence-corrected chi connectivity index (χ1v) is 6.45. The van der Waals surface area contributed by atoms with Crippen LogP contribution in [0.1, 0.15) is 25.7 Å². The fourth-order valence-electron chi connectivity index (χ4n) is 2.65. The maximum Gasteiger partial charge on any atom is 0.236 e. The van der Waals surface area contributed by atoms with Gasteiger partial charge in [-0.15, -0.1) is 0 Å². The number of carbonyl (C=O) groups is 1. The van der Waals surface area contributed by atoms with Crippen LogP contribution in [0.3, 0.4) is 0 Å². The lowest BCUT2D eigenvalue weighted by molar-refractivity contribution is -0.131. The van der Waals surface area contributed by atoms with E-state index in [1.54, 1.807) is 0 Å². The molecule has 92 valence electrons. The molecule has 1 atom stereocenters. The molecule has 1 unspecified atom stereocenters. The Hall–Kier alpha value is -0.610. The van der Waals surface area contributed by atoms with Gasteiger partial charge >= 0.3 is 0 Å². The highest BCUT2D eigenvalue weighted by molar-refractivity contribution is 5.78. The van der Waals surface area contributed by atoms with Gasteiger partial charge in [-0.1, -0.05) is 0 Å². The Kier molecular flexibility index (Phi) is 4.18. The summed E-state index contributed by atoms with van der Waals surface area (Å²) in [7, 11) is 2.05. The summed E-state index contributed by atoms with van der Waals surface area (Å²) in [4.78, 5) is 16.0. The van der Waals surface area contributed by atoms with Crippen LogP contribution in [0.4, 0.5) is 0 Å². The topological polar surface area (TPSA) is 35.6 Å². The lowest BCUT2D eigenvalue weighted by Gasteiger charge is -2.23. The number of hydrogen-bond donors (Lipinski definition) is 1. The zero-order chi connectivity index (χ0) is 11.4. The van der Waals surface area contributed by atoms with Crippen LogP contribution < -0.4 is 5.32 Å². The summed E-state index contributed by atoms with van der Waals surface area (Å²) in [6, 6.07) is 0.594. The molecule has 0 aromatic rings. The SMILES string of the molecule is CN(CC(=O)N1CCCC1)CC1CCCN1. The highest BCUT2D eigenvalue weighted by Gasteiger charge is 2.21. The third kappa shape index (κ3) is 3.19. The number of carbonyl (C=O) groups excluding carboxylic acids is 1. The van der Waals surface area contributed by atoms with Crippen molar-refractivity contribution in [2.24, 2.45) is 0 Å². The molecular weight excluding hydrogens is 202 g/mol. The van der Waals surface area contributed by atoms with Crippen molar-refractivity contribution in [3.63, 3.8) is 0 Å². The molecule has 2 heterocycles. The summed E-state index contributed by atoms with van der Waals surface area (Å²) in [5.41, 5.74) is 0.